The third kappa shape index (κ3) is 3.03. The highest BCUT2D eigenvalue weighted by atomic mass is 16.5. The highest BCUT2D eigenvalue weighted by Crippen LogP contribution is 2.65. The van der Waals surface area contributed by atoms with Gasteiger partial charge in [0.2, 0.25) is 0 Å². The van der Waals surface area contributed by atoms with Crippen LogP contribution in [0.4, 0.5) is 0 Å². The number of allylic oxidation sites excluding steroid dienone is 1. The molecule has 0 aromatic heterocycles. The number of rotatable bonds is 2. The molecule has 4 rings (SSSR count). The van der Waals surface area contributed by atoms with Crippen molar-refractivity contribution in [3.8, 4) is 0 Å². The number of ether oxygens (including phenoxy) is 2. The van der Waals surface area contributed by atoms with Crippen LogP contribution in [0.3, 0.4) is 0 Å². The Morgan fingerprint density at radius 1 is 0.963 bits per heavy atom. The van der Waals surface area contributed by atoms with Crippen LogP contribution in [0.15, 0.2) is 11.6 Å². The van der Waals surface area contributed by atoms with Gasteiger partial charge in [-0.05, 0) is 68.1 Å². The second-order valence-corrected chi connectivity index (χ2v) is 9.95. The molecule has 4 aliphatic rings. The highest BCUT2D eigenvalue weighted by Gasteiger charge is 2.59. The smallest absolute Gasteiger partial charge is 0.302 e. The van der Waals surface area contributed by atoms with Crippen LogP contribution in [0.2, 0.25) is 0 Å². The Labute approximate surface area is 163 Å². The van der Waals surface area contributed by atoms with Crippen LogP contribution >= 0.6 is 0 Å². The molecule has 4 aliphatic carbocycles. The minimum Gasteiger partial charge on any atom is -0.462 e. The minimum atomic E-state index is -0.159. The molecule has 0 N–H and O–H groups in total. The maximum absolute atomic E-state index is 11.6. The van der Waals surface area contributed by atoms with Gasteiger partial charge >= 0.3 is 11.9 Å². The Bertz CT molecular complexity index is 667. The molecule has 4 nitrogen and oxygen atoms in total. The van der Waals surface area contributed by atoms with Crippen molar-refractivity contribution in [3.63, 3.8) is 0 Å². The van der Waals surface area contributed by atoms with Crippen LogP contribution in [0, 0.1) is 28.6 Å². The van der Waals surface area contributed by atoms with Gasteiger partial charge in [0.25, 0.3) is 0 Å². The second kappa shape index (κ2) is 6.63. The summed E-state index contributed by atoms with van der Waals surface area (Å²) in [5.74, 6) is 1.77. The molecule has 0 heterocycles. The van der Waals surface area contributed by atoms with Crippen molar-refractivity contribution in [2.75, 3.05) is 0 Å². The molecule has 0 spiro atoms. The van der Waals surface area contributed by atoms with Gasteiger partial charge in [-0.25, -0.2) is 0 Å². The zero-order valence-electron chi connectivity index (χ0n) is 17.3. The van der Waals surface area contributed by atoms with Crippen molar-refractivity contribution in [1.29, 1.82) is 0 Å². The van der Waals surface area contributed by atoms with E-state index in [4.69, 9.17) is 9.47 Å². The fourth-order valence-electron chi connectivity index (χ4n) is 7.31. The van der Waals surface area contributed by atoms with Crippen molar-refractivity contribution >= 4 is 11.9 Å². The average molecular weight is 375 g/mol. The first-order valence-corrected chi connectivity index (χ1v) is 10.8. The van der Waals surface area contributed by atoms with Gasteiger partial charge in [0.1, 0.15) is 12.2 Å². The number of hydrogen-bond donors (Lipinski definition) is 0. The second-order valence-electron chi connectivity index (χ2n) is 9.95. The van der Waals surface area contributed by atoms with Crippen LogP contribution in [0.5, 0.6) is 0 Å². The fourth-order valence-corrected chi connectivity index (χ4v) is 7.31. The summed E-state index contributed by atoms with van der Waals surface area (Å²) < 4.78 is 11.3. The summed E-state index contributed by atoms with van der Waals surface area (Å²) in [6.07, 6.45) is 11.4. The SMILES string of the molecule is CC(=O)O[C@@H]1CC[C@@]2(C)C(=CC[C@@H]3[C@@H]4CC[C@H](OC(C)=O)[C@@]4(C)CC[C@@H]32)C1. The molecule has 0 aliphatic heterocycles. The van der Waals surface area contributed by atoms with E-state index in [1.165, 1.54) is 25.3 Å². The van der Waals surface area contributed by atoms with Crippen LogP contribution < -0.4 is 0 Å². The Balaban J connectivity index is 1.55. The topological polar surface area (TPSA) is 52.6 Å². The first-order chi connectivity index (χ1) is 12.7. The normalized spacial score (nSPS) is 45.8. The number of hydrogen-bond acceptors (Lipinski definition) is 4. The summed E-state index contributed by atoms with van der Waals surface area (Å²) in [5, 5.41) is 0. The third-order valence-corrected chi connectivity index (χ3v) is 8.61. The third-order valence-electron chi connectivity index (χ3n) is 8.61. The molecule has 0 radical (unpaired) electrons. The lowest BCUT2D eigenvalue weighted by Crippen LogP contribution is -2.51. The Kier molecular flexibility index (Phi) is 4.67. The number of carbonyl (C=O) groups is 2. The summed E-state index contributed by atoms with van der Waals surface area (Å²) in [6.45, 7) is 7.88. The Hall–Kier alpha value is -1.32. The van der Waals surface area contributed by atoms with E-state index < -0.39 is 0 Å². The van der Waals surface area contributed by atoms with E-state index in [9.17, 15) is 9.59 Å². The molecule has 0 aromatic rings. The van der Waals surface area contributed by atoms with E-state index in [1.54, 1.807) is 6.92 Å². The lowest BCUT2D eigenvalue weighted by Gasteiger charge is -2.57. The van der Waals surface area contributed by atoms with Crippen LogP contribution in [0.1, 0.15) is 79.1 Å². The molecule has 150 valence electrons. The first-order valence-electron chi connectivity index (χ1n) is 10.8. The van der Waals surface area contributed by atoms with E-state index in [1.807, 2.05) is 0 Å². The van der Waals surface area contributed by atoms with E-state index in [-0.39, 0.29) is 35.0 Å². The van der Waals surface area contributed by atoms with E-state index >= 15 is 0 Å². The highest BCUT2D eigenvalue weighted by molar-refractivity contribution is 5.66. The molecular weight excluding hydrogens is 340 g/mol. The predicted molar refractivity (Wildman–Crippen MR) is 103 cm³/mol. The van der Waals surface area contributed by atoms with E-state index in [0.29, 0.717) is 17.8 Å². The number of esters is 2. The van der Waals surface area contributed by atoms with E-state index in [2.05, 4.69) is 19.9 Å². The maximum atomic E-state index is 11.6. The molecule has 3 fully saturated rings. The minimum absolute atomic E-state index is 0.0621. The van der Waals surface area contributed by atoms with Gasteiger partial charge in [-0.1, -0.05) is 25.5 Å². The largest absolute Gasteiger partial charge is 0.462 e. The molecule has 0 saturated heterocycles. The van der Waals surface area contributed by atoms with Crippen molar-refractivity contribution in [2.45, 2.75) is 91.3 Å². The summed E-state index contributed by atoms with van der Waals surface area (Å²) in [6, 6.07) is 0. The molecule has 3 saturated carbocycles. The lowest BCUT2D eigenvalue weighted by molar-refractivity contribution is -0.157. The molecule has 7 atom stereocenters. The zero-order valence-corrected chi connectivity index (χ0v) is 17.3. The van der Waals surface area contributed by atoms with Crippen LogP contribution in [-0.4, -0.2) is 24.1 Å². The maximum Gasteiger partial charge on any atom is 0.302 e. The predicted octanol–water partition coefficient (Wildman–Crippen LogP) is 4.81. The summed E-state index contributed by atoms with van der Waals surface area (Å²) in [4.78, 5) is 22.9. The van der Waals surface area contributed by atoms with Gasteiger partial charge in [-0.2, -0.15) is 0 Å². The van der Waals surface area contributed by atoms with Crippen molar-refractivity contribution in [1.82, 2.24) is 0 Å². The number of fused-ring (bicyclic) bond motifs is 5. The molecule has 0 bridgehead atoms. The quantitative estimate of drug-likeness (QED) is 0.514. The van der Waals surface area contributed by atoms with Gasteiger partial charge in [0.15, 0.2) is 0 Å². The summed E-state index contributed by atoms with van der Waals surface area (Å²) in [5.41, 5.74) is 1.92. The van der Waals surface area contributed by atoms with E-state index in [0.717, 1.165) is 38.5 Å². The standard InChI is InChI=1S/C23H34O4/c1-14(24)26-17-9-11-22(3)16(13-17)5-6-18-19-7-8-21(27-15(2)25)23(19,4)12-10-20(18)22/h5,17-21H,6-13H2,1-4H3/t17-,18-,19+,20+,21+,22+,23+/m1/s1. The molecule has 0 unspecified atom stereocenters. The van der Waals surface area contributed by atoms with Gasteiger partial charge in [-0.15, -0.1) is 0 Å². The van der Waals surface area contributed by atoms with Gasteiger partial charge in [0, 0.05) is 25.7 Å². The molecule has 0 amide bonds. The lowest BCUT2D eigenvalue weighted by atomic mass is 9.48. The molecule has 4 heteroatoms. The van der Waals surface area contributed by atoms with Gasteiger partial charge in [0.05, 0.1) is 0 Å². The van der Waals surface area contributed by atoms with Gasteiger partial charge in [-0.3, -0.25) is 9.59 Å². The molecule has 0 aromatic carbocycles. The van der Waals surface area contributed by atoms with Gasteiger partial charge < -0.3 is 9.47 Å². The molecule has 27 heavy (non-hydrogen) atoms. The van der Waals surface area contributed by atoms with Crippen LogP contribution in [-0.2, 0) is 19.1 Å². The summed E-state index contributed by atoms with van der Waals surface area (Å²) >= 11 is 0. The summed E-state index contributed by atoms with van der Waals surface area (Å²) in [7, 11) is 0. The molecular formula is C23H34O4. The van der Waals surface area contributed by atoms with Crippen LogP contribution in [0.25, 0.3) is 0 Å². The first kappa shape index (κ1) is 19.0. The Morgan fingerprint density at radius 2 is 1.70 bits per heavy atom. The zero-order chi connectivity index (χ0) is 19.4. The Morgan fingerprint density at radius 3 is 2.41 bits per heavy atom. The van der Waals surface area contributed by atoms with Crippen molar-refractivity contribution < 1.29 is 19.1 Å². The average Bonchev–Trinajstić information content (AvgIpc) is 2.91. The van der Waals surface area contributed by atoms with Crippen molar-refractivity contribution in [2.24, 2.45) is 28.6 Å². The number of carbonyl (C=O) groups excluding carboxylic acids is 2. The van der Waals surface area contributed by atoms with Crippen molar-refractivity contribution in [3.05, 3.63) is 11.6 Å². The monoisotopic (exact) mass is 374 g/mol. The fraction of sp³-hybridized carbons (Fsp3) is 0.826.